The fraction of sp³-hybridized carbons (Fsp3) is 0.643. The number of carbonyl (C=O) groups excluding carboxylic acids is 1. The Morgan fingerprint density at radius 2 is 2.22 bits per heavy atom. The third-order valence-corrected chi connectivity index (χ3v) is 5.56. The monoisotopic (exact) mass is 366 g/mol. The van der Waals surface area contributed by atoms with Crippen LogP contribution in [0.15, 0.2) is 21.6 Å². The normalized spacial score (nSPS) is 20.6. The lowest BCUT2D eigenvalue weighted by Crippen LogP contribution is -2.44. The van der Waals surface area contributed by atoms with E-state index >= 15 is 0 Å². The summed E-state index contributed by atoms with van der Waals surface area (Å²) in [5.74, 6) is -0.653. The number of furan rings is 1. The Bertz CT molecular complexity index is 629. The summed E-state index contributed by atoms with van der Waals surface area (Å²) in [7, 11) is -3.75. The maximum absolute atomic E-state index is 12.6. The minimum Gasteiger partial charge on any atom is -0.460 e. The Kier molecular flexibility index (Phi) is 7.06. The van der Waals surface area contributed by atoms with Crippen LogP contribution in [0.1, 0.15) is 37.2 Å². The highest BCUT2D eigenvalue weighted by atomic mass is 35.5. The molecular formula is C14H23ClN2O5S. The molecule has 0 aliphatic carbocycles. The first-order valence-electron chi connectivity index (χ1n) is 7.39. The number of piperidine rings is 1. The highest BCUT2D eigenvalue weighted by Crippen LogP contribution is 2.26. The van der Waals surface area contributed by atoms with Crippen LogP contribution in [0.5, 0.6) is 0 Å². The summed E-state index contributed by atoms with van der Waals surface area (Å²) in [5.41, 5.74) is 5.88. The molecule has 7 nitrogen and oxygen atoms in total. The minimum atomic E-state index is -3.75. The van der Waals surface area contributed by atoms with Gasteiger partial charge in [-0.15, -0.1) is 12.4 Å². The molecule has 0 radical (unpaired) electrons. The number of hydrogen-bond donors (Lipinski definition) is 1. The number of hydrogen-bond acceptors (Lipinski definition) is 6. The number of carbonyl (C=O) groups is 1. The molecule has 2 rings (SSSR count). The zero-order valence-corrected chi connectivity index (χ0v) is 14.9. The number of rotatable bonds is 5. The highest BCUT2D eigenvalue weighted by Gasteiger charge is 2.34. The van der Waals surface area contributed by atoms with Gasteiger partial charge in [-0.25, -0.2) is 13.2 Å². The van der Waals surface area contributed by atoms with E-state index in [2.05, 4.69) is 0 Å². The molecule has 132 valence electrons. The second-order valence-corrected chi connectivity index (χ2v) is 7.33. The SMILES string of the molecule is CCOC(=O)c1ccc(S(=O)(=O)N2CCCC(C(C)N)C2)o1.Cl. The predicted octanol–water partition coefficient (Wildman–Crippen LogP) is 1.63. The third kappa shape index (κ3) is 4.47. The van der Waals surface area contributed by atoms with Crippen LogP contribution in [0.25, 0.3) is 0 Å². The van der Waals surface area contributed by atoms with Crippen molar-refractivity contribution in [1.29, 1.82) is 0 Å². The van der Waals surface area contributed by atoms with Crippen molar-refractivity contribution in [3.8, 4) is 0 Å². The Labute approximate surface area is 142 Å². The topological polar surface area (TPSA) is 103 Å². The van der Waals surface area contributed by atoms with Crippen molar-refractivity contribution in [2.45, 2.75) is 37.8 Å². The Morgan fingerprint density at radius 1 is 1.52 bits per heavy atom. The first-order valence-corrected chi connectivity index (χ1v) is 8.83. The second kappa shape index (κ2) is 8.14. The van der Waals surface area contributed by atoms with Crippen molar-refractivity contribution in [1.82, 2.24) is 4.31 Å². The maximum Gasteiger partial charge on any atom is 0.374 e. The van der Waals surface area contributed by atoms with E-state index in [1.165, 1.54) is 16.4 Å². The van der Waals surface area contributed by atoms with Gasteiger partial charge in [0.1, 0.15) is 0 Å². The summed E-state index contributed by atoms with van der Waals surface area (Å²) in [4.78, 5) is 11.6. The van der Waals surface area contributed by atoms with Gasteiger partial charge in [-0.05, 0) is 44.7 Å². The van der Waals surface area contributed by atoms with Crippen LogP contribution in [0.4, 0.5) is 0 Å². The predicted molar refractivity (Wildman–Crippen MR) is 87.0 cm³/mol. The van der Waals surface area contributed by atoms with Gasteiger partial charge < -0.3 is 14.9 Å². The van der Waals surface area contributed by atoms with E-state index in [4.69, 9.17) is 14.9 Å². The summed E-state index contributed by atoms with van der Waals surface area (Å²) >= 11 is 0. The fourth-order valence-electron chi connectivity index (χ4n) is 2.52. The molecule has 0 bridgehead atoms. The van der Waals surface area contributed by atoms with Gasteiger partial charge in [-0.3, -0.25) is 0 Å². The smallest absolute Gasteiger partial charge is 0.374 e. The molecular weight excluding hydrogens is 344 g/mol. The van der Waals surface area contributed by atoms with Crippen molar-refractivity contribution < 1.29 is 22.4 Å². The Balaban J connectivity index is 0.00000264. The van der Waals surface area contributed by atoms with E-state index in [1.54, 1.807) is 6.92 Å². The number of nitrogens with two attached hydrogens (primary N) is 1. The molecule has 1 saturated heterocycles. The molecule has 1 aliphatic rings. The van der Waals surface area contributed by atoms with Gasteiger partial charge in [0.05, 0.1) is 6.61 Å². The first kappa shape index (κ1) is 20.0. The highest BCUT2D eigenvalue weighted by molar-refractivity contribution is 7.89. The lowest BCUT2D eigenvalue weighted by molar-refractivity contribution is 0.0483. The molecule has 0 saturated carbocycles. The number of nitrogens with zero attached hydrogens (tertiary/aromatic N) is 1. The molecule has 1 aromatic heterocycles. The van der Waals surface area contributed by atoms with Crippen molar-refractivity contribution in [3.05, 3.63) is 17.9 Å². The molecule has 1 aliphatic heterocycles. The lowest BCUT2D eigenvalue weighted by Gasteiger charge is -2.33. The van der Waals surface area contributed by atoms with Crippen LogP contribution >= 0.6 is 12.4 Å². The largest absolute Gasteiger partial charge is 0.460 e. The number of ether oxygens (including phenoxy) is 1. The number of sulfonamides is 1. The molecule has 23 heavy (non-hydrogen) atoms. The van der Waals surface area contributed by atoms with Gasteiger partial charge in [0.25, 0.3) is 10.0 Å². The van der Waals surface area contributed by atoms with Crippen molar-refractivity contribution in [2.75, 3.05) is 19.7 Å². The summed E-state index contributed by atoms with van der Waals surface area (Å²) in [6.07, 6.45) is 1.67. The lowest BCUT2D eigenvalue weighted by atomic mass is 9.93. The van der Waals surface area contributed by atoms with Crippen molar-refractivity contribution in [3.63, 3.8) is 0 Å². The summed E-state index contributed by atoms with van der Waals surface area (Å²) in [6.45, 7) is 4.55. The van der Waals surface area contributed by atoms with Crippen LogP contribution in [0.2, 0.25) is 0 Å². The molecule has 0 aromatic carbocycles. The summed E-state index contributed by atoms with van der Waals surface area (Å²) < 4.78 is 36.5. The standard InChI is InChI=1S/C14H22N2O5S.ClH/c1-3-20-14(17)12-6-7-13(21-12)22(18,19)16-8-4-5-11(9-16)10(2)15;/h6-7,10-11H,3-5,8-9,15H2,1-2H3;1H. The van der Waals surface area contributed by atoms with E-state index in [9.17, 15) is 13.2 Å². The van der Waals surface area contributed by atoms with E-state index in [1.807, 2.05) is 6.92 Å². The fourth-order valence-corrected chi connectivity index (χ4v) is 3.97. The van der Waals surface area contributed by atoms with Crippen LogP contribution in [-0.4, -0.2) is 44.4 Å². The maximum atomic E-state index is 12.6. The molecule has 0 spiro atoms. The van der Waals surface area contributed by atoms with Crippen molar-refractivity contribution >= 4 is 28.4 Å². The van der Waals surface area contributed by atoms with Gasteiger partial charge in [-0.1, -0.05) is 0 Å². The molecule has 1 aromatic rings. The van der Waals surface area contributed by atoms with E-state index in [0.717, 1.165) is 12.8 Å². The zero-order valence-electron chi connectivity index (χ0n) is 13.2. The van der Waals surface area contributed by atoms with Crippen LogP contribution in [-0.2, 0) is 14.8 Å². The number of esters is 1. The molecule has 2 unspecified atom stereocenters. The summed E-state index contributed by atoms with van der Waals surface area (Å²) in [5, 5.41) is -0.235. The number of halogens is 1. The molecule has 2 heterocycles. The average molecular weight is 367 g/mol. The van der Waals surface area contributed by atoms with E-state index in [-0.39, 0.29) is 41.8 Å². The first-order chi connectivity index (χ1) is 10.4. The molecule has 2 atom stereocenters. The molecule has 0 amide bonds. The van der Waals surface area contributed by atoms with E-state index < -0.39 is 16.0 Å². The summed E-state index contributed by atoms with van der Waals surface area (Å²) in [6, 6.07) is 2.54. The molecule has 1 fully saturated rings. The Morgan fingerprint density at radius 3 is 2.83 bits per heavy atom. The van der Waals surface area contributed by atoms with Crippen LogP contribution in [0.3, 0.4) is 0 Å². The second-order valence-electron chi connectivity index (χ2n) is 5.46. The molecule has 9 heteroatoms. The Hall–Kier alpha value is -1.09. The van der Waals surface area contributed by atoms with Gasteiger partial charge in [-0.2, -0.15) is 4.31 Å². The third-order valence-electron chi connectivity index (χ3n) is 3.82. The van der Waals surface area contributed by atoms with Gasteiger partial charge in [0.2, 0.25) is 10.9 Å². The van der Waals surface area contributed by atoms with Gasteiger partial charge >= 0.3 is 5.97 Å². The average Bonchev–Trinajstić information content (AvgIpc) is 2.98. The van der Waals surface area contributed by atoms with Crippen molar-refractivity contribution in [2.24, 2.45) is 11.7 Å². The minimum absolute atomic E-state index is 0. The quantitative estimate of drug-likeness (QED) is 0.794. The molecule has 2 N–H and O–H groups in total. The van der Waals surface area contributed by atoms with Gasteiger partial charge in [0.15, 0.2) is 0 Å². The zero-order chi connectivity index (χ0) is 16.3. The van der Waals surface area contributed by atoms with E-state index in [0.29, 0.717) is 13.1 Å². The van der Waals surface area contributed by atoms with Gasteiger partial charge in [0, 0.05) is 19.1 Å². The van der Waals surface area contributed by atoms with Crippen LogP contribution < -0.4 is 5.73 Å². The van der Waals surface area contributed by atoms with Crippen LogP contribution in [0, 0.1) is 5.92 Å².